The molecule has 0 aliphatic heterocycles. The summed E-state index contributed by atoms with van der Waals surface area (Å²) in [6, 6.07) is 12.4. The molecule has 1 N–H and O–H groups in total. The SMILES string of the molecule is O=C(Nc1ccc(OC(F)(F)Cl)cc1)c1cccc(-c2cncnc2)c1. The molecule has 0 saturated carbocycles. The van der Waals surface area contributed by atoms with Crippen LogP contribution in [0, 0.1) is 0 Å². The summed E-state index contributed by atoms with van der Waals surface area (Å²) in [5, 5.41) is 2.68. The molecule has 3 rings (SSSR count). The summed E-state index contributed by atoms with van der Waals surface area (Å²) in [5.74, 6) is -0.464. The first-order chi connectivity index (χ1) is 12.4. The molecule has 132 valence electrons. The maximum absolute atomic E-state index is 12.6. The number of anilines is 1. The predicted octanol–water partition coefficient (Wildman–Crippen LogP) is 4.56. The van der Waals surface area contributed by atoms with E-state index in [4.69, 9.17) is 11.6 Å². The van der Waals surface area contributed by atoms with Crippen LogP contribution in [0.3, 0.4) is 0 Å². The number of amides is 1. The average molecular weight is 376 g/mol. The number of nitrogens with zero attached hydrogens (tertiary/aromatic N) is 2. The van der Waals surface area contributed by atoms with Crippen molar-refractivity contribution in [3.8, 4) is 16.9 Å². The maximum Gasteiger partial charge on any atom is 0.487 e. The lowest BCUT2D eigenvalue weighted by Crippen LogP contribution is -2.15. The molecule has 8 heteroatoms. The Morgan fingerprint density at radius 3 is 2.38 bits per heavy atom. The molecule has 0 aliphatic rings. The summed E-state index contributed by atoms with van der Waals surface area (Å²) in [5.41, 5.74) is -1.35. The lowest BCUT2D eigenvalue weighted by atomic mass is 10.1. The fraction of sp³-hybridized carbons (Fsp3) is 0.0556. The summed E-state index contributed by atoms with van der Waals surface area (Å²) in [6.07, 6.45) is 4.72. The lowest BCUT2D eigenvalue weighted by Gasteiger charge is -2.11. The van der Waals surface area contributed by atoms with Crippen molar-refractivity contribution in [2.45, 2.75) is 5.57 Å². The Morgan fingerprint density at radius 2 is 1.73 bits per heavy atom. The van der Waals surface area contributed by atoms with Crippen LogP contribution in [0.1, 0.15) is 10.4 Å². The monoisotopic (exact) mass is 375 g/mol. The number of alkyl halides is 3. The number of aromatic nitrogens is 2. The zero-order chi connectivity index (χ0) is 18.6. The van der Waals surface area contributed by atoms with E-state index in [0.717, 1.165) is 11.1 Å². The Kier molecular flexibility index (Phi) is 5.09. The highest BCUT2D eigenvalue weighted by Crippen LogP contribution is 2.26. The van der Waals surface area contributed by atoms with Gasteiger partial charge in [0, 0.05) is 40.8 Å². The van der Waals surface area contributed by atoms with E-state index in [9.17, 15) is 13.6 Å². The molecule has 0 aliphatic carbocycles. The van der Waals surface area contributed by atoms with Gasteiger partial charge < -0.3 is 10.1 Å². The third-order valence-corrected chi connectivity index (χ3v) is 3.44. The van der Waals surface area contributed by atoms with Crippen molar-refractivity contribution in [3.63, 3.8) is 0 Å². The number of benzene rings is 2. The molecule has 0 atom stereocenters. The fourth-order valence-corrected chi connectivity index (χ4v) is 2.32. The number of rotatable bonds is 5. The summed E-state index contributed by atoms with van der Waals surface area (Å²) in [4.78, 5) is 20.3. The third kappa shape index (κ3) is 4.73. The highest BCUT2D eigenvalue weighted by molar-refractivity contribution is 6.20. The van der Waals surface area contributed by atoms with Crippen molar-refractivity contribution in [3.05, 3.63) is 72.8 Å². The Balaban J connectivity index is 1.72. The molecule has 1 aromatic heterocycles. The first-order valence-electron chi connectivity index (χ1n) is 7.43. The van der Waals surface area contributed by atoms with Crippen molar-refractivity contribution in [1.29, 1.82) is 0 Å². The van der Waals surface area contributed by atoms with Gasteiger partial charge in [-0.1, -0.05) is 12.1 Å². The third-order valence-electron chi connectivity index (χ3n) is 3.36. The minimum absolute atomic E-state index is 0.117. The van der Waals surface area contributed by atoms with Gasteiger partial charge in [-0.05, 0) is 42.0 Å². The van der Waals surface area contributed by atoms with Crippen LogP contribution >= 0.6 is 11.6 Å². The van der Waals surface area contributed by atoms with Crippen molar-refractivity contribution in [1.82, 2.24) is 9.97 Å². The second-order valence-corrected chi connectivity index (χ2v) is 5.67. The Hall–Kier alpha value is -3.06. The van der Waals surface area contributed by atoms with E-state index in [1.165, 1.54) is 30.6 Å². The van der Waals surface area contributed by atoms with Gasteiger partial charge in [-0.15, -0.1) is 8.78 Å². The van der Waals surface area contributed by atoms with Crippen LogP contribution in [-0.2, 0) is 0 Å². The number of carbonyl (C=O) groups is 1. The smallest absolute Gasteiger partial charge is 0.420 e. The number of halogens is 3. The fourth-order valence-electron chi connectivity index (χ4n) is 2.23. The van der Waals surface area contributed by atoms with Gasteiger partial charge in [0.1, 0.15) is 12.1 Å². The molecule has 0 unspecified atom stereocenters. The Bertz CT molecular complexity index is 900. The molecule has 26 heavy (non-hydrogen) atoms. The first-order valence-corrected chi connectivity index (χ1v) is 7.81. The number of nitrogens with one attached hydrogen (secondary N) is 1. The standard InChI is InChI=1S/C18H12ClF2N3O2/c19-18(20,21)26-16-6-4-15(5-7-16)24-17(25)13-3-1-2-12(8-13)14-9-22-11-23-10-14/h1-11H,(H,24,25). The summed E-state index contributed by atoms with van der Waals surface area (Å²) in [6.45, 7) is 0. The van der Waals surface area contributed by atoms with Crippen molar-refractivity contribution in [2.75, 3.05) is 5.32 Å². The van der Waals surface area contributed by atoms with Crippen LogP contribution in [0.2, 0.25) is 0 Å². The molecule has 0 radical (unpaired) electrons. The number of carbonyl (C=O) groups excluding carboxylic acids is 1. The number of hydrogen-bond donors (Lipinski definition) is 1. The molecule has 2 aromatic carbocycles. The van der Waals surface area contributed by atoms with Gasteiger partial charge in [-0.3, -0.25) is 4.79 Å². The summed E-state index contributed by atoms with van der Waals surface area (Å²) in [7, 11) is 0. The normalized spacial score (nSPS) is 11.0. The van der Waals surface area contributed by atoms with Crippen LogP contribution in [0.25, 0.3) is 11.1 Å². The van der Waals surface area contributed by atoms with Crippen molar-refractivity contribution < 1.29 is 18.3 Å². The zero-order valence-corrected chi connectivity index (χ0v) is 14.0. The van der Waals surface area contributed by atoms with E-state index in [2.05, 4.69) is 20.0 Å². The molecular formula is C18H12ClF2N3O2. The van der Waals surface area contributed by atoms with Crippen LogP contribution in [-0.4, -0.2) is 21.4 Å². The molecule has 0 fully saturated rings. The van der Waals surface area contributed by atoms with Crippen LogP contribution < -0.4 is 10.1 Å². The quantitative estimate of drug-likeness (QED) is 0.664. The molecule has 1 heterocycles. The average Bonchev–Trinajstić information content (AvgIpc) is 2.63. The van der Waals surface area contributed by atoms with Gasteiger partial charge in [0.2, 0.25) is 0 Å². The first kappa shape index (κ1) is 17.8. The number of ether oxygens (including phenoxy) is 1. The van der Waals surface area contributed by atoms with Crippen LogP contribution in [0.5, 0.6) is 5.75 Å². The highest BCUT2D eigenvalue weighted by Gasteiger charge is 2.27. The molecule has 5 nitrogen and oxygen atoms in total. The second kappa shape index (κ2) is 7.45. The van der Waals surface area contributed by atoms with Crippen LogP contribution in [0.4, 0.5) is 14.5 Å². The van der Waals surface area contributed by atoms with E-state index in [1.54, 1.807) is 30.6 Å². The maximum atomic E-state index is 12.6. The number of hydrogen-bond acceptors (Lipinski definition) is 4. The minimum Gasteiger partial charge on any atom is -0.420 e. The molecule has 0 bridgehead atoms. The molecule has 1 amide bonds. The summed E-state index contributed by atoms with van der Waals surface area (Å²) < 4.78 is 29.4. The van der Waals surface area contributed by atoms with E-state index in [0.29, 0.717) is 11.3 Å². The van der Waals surface area contributed by atoms with Crippen molar-refractivity contribution >= 4 is 23.2 Å². The minimum atomic E-state index is -3.79. The largest absolute Gasteiger partial charge is 0.487 e. The molecule has 0 spiro atoms. The Morgan fingerprint density at radius 1 is 1.04 bits per heavy atom. The van der Waals surface area contributed by atoms with E-state index < -0.39 is 5.57 Å². The van der Waals surface area contributed by atoms with Gasteiger partial charge in [0.05, 0.1) is 0 Å². The van der Waals surface area contributed by atoms with E-state index in [1.807, 2.05) is 6.07 Å². The highest BCUT2D eigenvalue weighted by atomic mass is 35.5. The molecular weight excluding hydrogens is 364 g/mol. The van der Waals surface area contributed by atoms with Gasteiger partial charge in [-0.25, -0.2) is 9.97 Å². The summed E-state index contributed by atoms with van der Waals surface area (Å²) >= 11 is 4.70. The van der Waals surface area contributed by atoms with E-state index in [-0.39, 0.29) is 11.7 Å². The predicted molar refractivity (Wildman–Crippen MR) is 93.3 cm³/mol. The van der Waals surface area contributed by atoms with E-state index >= 15 is 0 Å². The Labute approximate surface area is 152 Å². The topological polar surface area (TPSA) is 64.1 Å². The zero-order valence-electron chi connectivity index (χ0n) is 13.2. The van der Waals surface area contributed by atoms with Gasteiger partial charge in [0.15, 0.2) is 0 Å². The van der Waals surface area contributed by atoms with Gasteiger partial charge in [-0.2, -0.15) is 0 Å². The molecule has 0 saturated heterocycles. The van der Waals surface area contributed by atoms with Crippen molar-refractivity contribution in [2.24, 2.45) is 0 Å². The van der Waals surface area contributed by atoms with Gasteiger partial charge in [0.25, 0.3) is 5.91 Å². The second-order valence-electron chi connectivity index (χ2n) is 5.23. The molecule has 3 aromatic rings. The lowest BCUT2D eigenvalue weighted by molar-refractivity contribution is -0.0964. The van der Waals surface area contributed by atoms with Crippen LogP contribution in [0.15, 0.2) is 67.3 Å². The van der Waals surface area contributed by atoms with Gasteiger partial charge >= 0.3 is 5.57 Å².